The van der Waals surface area contributed by atoms with Gasteiger partial charge in [0.05, 0.1) is 15.0 Å². The van der Waals surface area contributed by atoms with Gasteiger partial charge in [-0.25, -0.2) is 21.2 Å². The molecule has 1 aliphatic rings. The molecule has 1 heterocycles. The van der Waals surface area contributed by atoms with Gasteiger partial charge in [-0.1, -0.05) is 24.3 Å². The summed E-state index contributed by atoms with van der Waals surface area (Å²) in [5.41, 5.74) is 0. The van der Waals surface area contributed by atoms with E-state index in [0.29, 0.717) is 0 Å². The highest BCUT2D eigenvalue weighted by atomic mass is 32.2. The fourth-order valence-electron chi connectivity index (χ4n) is 2.96. The number of rotatable bonds is 4. The van der Waals surface area contributed by atoms with Crippen molar-refractivity contribution in [3.63, 3.8) is 0 Å². The van der Waals surface area contributed by atoms with Crippen LogP contribution in [-0.2, 0) is 19.9 Å². The van der Waals surface area contributed by atoms with Crippen molar-refractivity contribution in [3.05, 3.63) is 60.4 Å². The number of piperidine rings is 1. The zero-order valence-electron chi connectivity index (χ0n) is 13.4. The maximum atomic E-state index is 13.3. The molecule has 0 saturated carbocycles. The molecule has 1 fully saturated rings. The van der Waals surface area contributed by atoms with Crippen molar-refractivity contribution in [2.45, 2.75) is 27.9 Å². The van der Waals surface area contributed by atoms with Gasteiger partial charge in [-0.15, -0.1) is 0 Å². The van der Waals surface area contributed by atoms with Crippen LogP contribution in [0.1, 0.15) is 12.8 Å². The Kier molecular flexibility index (Phi) is 4.95. The predicted molar refractivity (Wildman–Crippen MR) is 91.8 cm³/mol. The van der Waals surface area contributed by atoms with Crippen LogP contribution in [0.4, 0.5) is 4.39 Å². The van der Waals surface area contributed by atoms with E-state index in [4.69, 9.17) is 0 Å². The van der Waals surface area contributed by atoms with Gasteiger partial charge in [-0.2, -0.15) is 4.31 Å². The quantitative estimate of drug-likeness (QED) is 0.813. The lowest BCUT2D eigenvalue weighted by Crippen LogP contribution is -2.42. The van der Waals surface area contributed by atoms with Crippen molar-refractivity contribution >= 4 is 19.9 Å². The molecule has 0 bridgehead atoms. The Bertz CT molecular complexity index is 951. The van der Waals surface area contributed by atoms with E-state index < -0.39 is 30.9 Å². The van der Waals surface area contributed by atoms with Crippen LogP contribution in [0, 0.1) is 5.82 Å². The molecule has 5 nitrogen and oxygen atoms in total. The number of halogens is 1. The molecule has 1 saturated heterocycles. The van der Waals surface area contributed by atoms with E-state index in [-0.39, 0.29) is 35.7 Å². The maximum Gasteiger partial charge on any atom is 0.243 e. The Morgan fingerprint density at radius 1 is 0.840 bits per heavy atom. The molecular formula is C17H18FNO4S2. The second kappa shape index (κ2) is 6.86. The van der Waals surface area contributed by atoms with Gasteiger partial charge in [0, 0.05) is 13.1 Å². The first kappa shape index (κ1) is 18.0. The van der Waals surface area contributed by atoms with Crippen molar-refractivity contribution in [2.75, 3.05) is 13.1 Å². The average molecular weight is 383 g/mol. The van der Waals surface area contributed by atoms with Crippen molar-refractivity contribution in [3.8, 4) is 0 Å². The molecule has 0 aromatic heterocycles. The van der Waals surface area contributed by atoms with Gasteiger partial charge in [0.1, 0.15) is 5.82 Å². The highest BCUT2D eigenvalue weighted by molar-refractivity contribution is 7.92. The molecule has 2 aromatic carbocycles. The molecule has 0 amide bonds. The number of nitrogens with zero attached hydrogens (tertiary/aromatic N) is 1. The Morgan fingerprint density at radius 2 is 1.44 bits per heavy atom. The van der Waals surface area contributed by atoms with Crippen LogP contribution in [0.2, 0.25) is 0 Å². The molecular weight excluding hydrogens is 365 g/mol. The van der Waals surface area contributed by atoms with Gasteiger partial charge in [0.25, 0.3) is 0 Å². The SMILES string of the molecule is O=S(=O)(c1ccccc1)C1CCN(S(=O)(=O)c2cccc(F)c2)CC1. The Balaban J connectivity index is 1.76. The fraction of sp³-hybridized carbons (Fsp3) is 0.294. The summed E-state index contributed by atoms with van der Waals surface area (Å²) in [5.74, 6) is -0.623. The summed E-state index contributed by atoms with van der Waals surface area (Å²) in [6.07, 6.45) is 0.428. The summed E-state index contributed by atoms with van der Waals surface area (Å²) >= 11 is 0. The van der Waals surface area contributed by atoms with Gasteiger partial charge in [-0.3, -0.25) is 0 Å². The lowest BCUT2D eigenvalue weighted by Gasteiger charge is -2.31. The van der Waals surface area contributed by atoms with E-state index in [1.807, 2.05) is 0 Å². The van der Waals surface area contributed by atoms with Crippen LogP contribution in [0.5, 0.6) is 0 Å². The van der Waals surface area contributed by atoms with Gasteiger partial charge in [0.2, 0.25) is 10.0 Å². The van der Waals surface area contributed by atoms with E-state index in [0.717, 1.165) is 6.07 Å². The first-order valence-corrected chi connectivity index (χ1v) is 10.8. The van der Waals surface area contributed by atoms with Crippen LogP contribution < -0.4 is 0 Å². The lowest BCUT2D eigenvalue weighted by atomic mass is 10.2. The van der Waals surface area contributed by atoms with E-state index in [1.54, 1.807) is 30.3 Å². The van der Waals surface area contributed by atoms with Gasteiger partial charge in [-0.05, 0) is 43.2 Å². The summed E-state index contributed by atoms with van der Waals surface area (Å²) < 4.78 is 65.0. The molecule has 2 aromatic rings. The standard InChI is InChI=1S/C17H18FNO4S2/c18-14-5-4-8-17(13-14)25(22,23)19-11-9-16(10-12-19)24(20,21)15-6-2-1-3-7-15/h1-8,13,16H,9-12H2. The molecule has 8 heteroatoms. The third kappa shape index (κ3) is 3.61. The van der Waals surface area contributed by atoms with Crippen molar-refractivity contribution < 1.29 is 21.2 Å². The molecule has 0 N–H and O–H groups in total. The fourth-order valence-corrected chi connectivity index (χ4v) is 6.22. The third-order valence-corrected chi connectivity index (χ3v) is 8.52. The van der Waals surface area contributed by atoms with E-state index in [2.05, 4.69) is 0 Å². The molecule has 3 rings (SSSR count). The summed E-state index contributed by atoms with van der Waals surface area (Å²) in [5, 5.41) is -0.617. The zero-order chi connectivity index (χ0) is 18.1. The van der Waals surface area contributed by atoms with Crippen LogP contribution in [0.15, 0.2) is 64.4 Å². The number of sulfone groups is 1. The van der Waals surface area contributed by atoms with Crippen molar-refractivity contribution in [1.29, 1.82) is 0 Å². The minimum absolute atomic E-state index is 0.0928. The maximum absolute atomic E-state index is 13.3. The first-order valence-electron chi connectivity index (χ1n) is 7.86. The zero-order valence-corrected chi connectivity index (χ0v) is 15.0. The van der Waals surface area contributed by atoms with E-state index in [1.165, 1.54) is 22.5 Å². The number of sulfonamides is 1. The number of hydrogen-bond acceptors (Lipinski definition) is 4. The minimum Gasteiger partial charge on any atom is -0.223 e. The average Bonchev–Trinajstić information content (AvgIpc) is 2.62. The molecule has 1 aliphatic heterocycles. The molecule has 0 radical (unpaired) electrons. The molecule has 0 aliphatic carbocycles. The van der Waals surface area contributed by atoms with Gasteiger partial charge >= 0.3 is 0 Å². The second-order valence-corrected chi connectivity index (χ2v) is 10.1. The van der Waals surface area contributed by atoms with Gasteiger partial charge in [0.15, 0.2) is 9.84 Å². The highest BCUT2D eigenvalue weighted by Crippen LogP contribution is 2.27. The van der Waals surface area contributed by atoms with Crippen molar-refractivity contribution in [1.82, 2.24) is 4.31 Å². The molecule has 134 valence electrons. The minimum atomic E-state index is -3.82. The summed E-state index contributed by atoms with van der Waals surface area (Å²) in [6, 6.07) is 13.0. The number of benzene rings is 2. The summed E-state index contributed by atoms with van der Waals surface area (Å²) in [7, 11) is -7.30. The van der Waals surface area contributed by atoms with Crippen LogP contribution in [0.25, 0.3) is 0 Å². The lowest BCUT2D eigenvalue weighted by molar-refractivity contribution is 0.345. The smallest absolute Gasteiger partial charge is 0.223 e. The highest BCUT2D eigenvalue weighted by Gasteiger charge is 2.35. The molecule has 0 unspecified atom stereocenters. The Hall–Kier alpha value is -1.77. The first-order chi connectivity index (χ1) is 11.8. The predicted octanol–water partition coefficient (Wildman–Crippen LogP) is 2.45. The monoisotopic (exact) mass is 383 g/mol. The largest absolute Gasteiger partial charge is 0.243 e. The Labute approximate surface area is 147 Å². The topological polar surface area (TPSA) is 71.5 Å². The molecule has 0 atom stereocenters. The number of hydrogen-bond donors (Lipinski definition) is 0. The van der Waals surface area contributed by atoms with Gasteiger partial charge < -0.3 is 0 Å². The molecule has 25 heavy (non-hydrogen) atoms. The summed E-state index contributed by atoms with van der Waals surface area (Å²) in [6.45, 7) is 0.186. The van der Waals surface area contributed by atoms with E-state index >= 15 is 0 Å². The van der Waals surface area contributed by atoms with E-state index in [9.17, 15) is 21.2 Å². The Morgan fingerprint density at radius 3 is 2.04 bits per heavy atom. The second-order valence-electron chi connectivity index (χ2n) is 5.92. The summed E-state index contributed by atoms with van der Waals surface area (Å²) in [4.78, 5) is 0.137. The van der Waals surface area contributed by atoms with Crippen LogP contribution >= 0.6 is 0 Å². The normalized spacial score (nSPS) is 17.5. The van der Waals surface area contributed by atoms with Crippen LogP contribution in [-0.4, -0.2) is 39.5 Å². The van der Waals surface area contributed by atoms with Crippen molar-refractivity contribution in [2.24, 2.45) is 0 Å². The third-order valence-electron chi connectivity index (χ3n) is 4.35. The van der Waals surface area contributed by atoms with Crippen LogP contribution in [0.3, 0.4) is 0 Å². The molecule has 0 spiro atoms.